The van der Waals surface area contributed by atoms with E-state index in [9.17, 15) is 4.79 Å². The number of aromatic nitrogens is 3. The van der Waals surface area contributed by atoms with Crippen LogP contribution in [-0.2, 0) is 7.05 Å². The lowest BCUT2D eigenvalue weighted by Gasteiger charge is -1.95. The van der Waals surface area contributed by atoms with Crippen LogP contribution in [0.5, 0.6) is 0 Å². The van der Waals surface area contributed by atoms with Crippen molar-refractivity contribution in [2.24, 2.45) is 7.05 Å². The fourth-order valence-electron chi connectivity index (χ4n) is 1.05. The molecule has 0 bridgehead atoms. The molecule has 2 heterocycles. The molecule has 0 unspecified atom stereocenters. The van der Waals surface area contributed by atoms with Gasteiger partial charge >= 0.3 is 0 Å². The van der Waals surface area contributed by atoms with Gasteiger partial charge in [0, 0.05) is 12.4 Å². The normalized spacial score (nSPS) is 10.4. The minimum Gasteiger partial charge on any atom is -0.288 e. The number of halogens is 1. The minimum atomic E-state index is -0.0567. The Balaban J connectivity index is 2.42. The van der Waals surface area contributed by atoms with Gasteiger partial charge in [0.05, 0.1) is 23.5 Å². The van der Waals surface area contributed by atoms with Gasteiger partial charge in [-0.2, -0.15) is 5.10 Å². The highest BCUT2D eigenvalue weighted by Crippen LogP contribution is 2.19. The van der Waals surface area contributed by atoms with Gasteiger partial charge in [0.2, 0.25) is 0 Å². The molecule has 0 aliphatic heterocycles. The van der Waals surface area contributed by atoms with Crippen LogP contribution in [0.25, 0.3) is 0 Å². The van der Waals surface area contributed by atoms with Crippen molar-refractivity contribution in [2.45, 2.75) is 0 Å². The van der Waals surface area contributed by atoms with Gasteiger partial charge < -0.3 is 0 Å². The predicted molar refractivity (Wildman–Crippen MR) is 56.5 cm³/mol. The van der Waals surface area contributed by atoms with Gasteiger partial charge in [-0.15, -0.1) is 0 Å². The molecule has 14 heavy (non-hydrogen) atoms. The molecule has 2 aromatic rings. The zero-order chi connectivity index (χ0) is 10.1. The molecule has 0 aliphatic rings. The van der Waals surface area contributed by atoms with Crippen molar-refractivity contribution in [1.82, 2.24) is 14.2 Å². The van der Waals surface area contributed by atoms with Gasteiger partial charge in [0.15, 0.2) is 5.78 Å². The lowest BCUT2D eigenvalue weighted by molar-refractivity contribution is 0.103. The van der Waals surface area contributed by atoms with Crippen LogP contribution < -0.4 is 0 Å². The second kappa shape index (κ2) is 3.62. The van der Waals surface area contributed by atoms with Crippen LogP contribution in [0.4, 0.5) is 0 Å². The second-order valence-corrected chi connectivity index (χ2v) is 4.12. The number of carbonyl (C=O) groups excluding carboxylic acids is 1. The van der Waals surface area contributed by atoms with Crippen molar-refractivity contribution in [3.05, 3.63) is 33.5 Å². The maximum absolute atomic E-state index is 11.8. The summed E-state index contributed by atoms with van der Waals surface area (Å²) in [7, 11) is 1.77. The summed E-state index contributed by atoms with van der Waals surface area (Å²) in [6.07, 6.45) is 3.11. The van der Waals surface area contributed by atoms with Gasteiger partial charge in [-0.25, -0.2) is 4.37 Å². The molecule has 0 N–H and O–H groups in total. The lowest BCUT2D eigenvalue weighted by Crippen LogP contribution is -1.99. The molecule has 2 rings (SSSR count). The average Bonchev–Trinajstić information content (AvgIpc) is 2.77. The van der Waals surface area contributed by atoms with Crippen LogP contribution in [-0.4, -0.2) is 19.9 Å². The third kappa shape index (κ3) is 1.51. The molecule has 4 nitrogen and oxygen atoms in total. The lowest BCUT2D eigenvalue weighted by atomic mass is 10.1. The first-order valence-electron chi connectivity index (χ1n) is 3.81. The van der Waals surface area contributed by atoms with E-state index in [-0.39, 0.29) is 5.78 Å². The molecule has 2 aromatic heterocycles. The first kappa shape index (κ1) is 9.54. The van der Waals surface area contributed by atoms with E-state index in [0.717, 1.165) is 0 Å². The molecule has 0 saturated carbocycles. The highest BCUT2D eigenvalue weighted by molar-refractivity contribution is 9.10. The Bertz CT molecular complexity index is 463. The number of nitrogens with zero attached hydrogens (tertiary/aromatic N) is 3. The quantitative estimate of drug-likeness (QED) is 0.784. The van der Waals surface area contributed by atoms with Crippen LogP contribution in [0.15, 0.2) is 22.4 Å². The van der Waals surface area contributed by atoms with Crippen molar-refractivity contribution < 1.29 is 4.79 Å². The van der Waals surface area contributed by atoms with Gasteiger partial charge in [-0.1, -0.05) is 0 Å². The van der Waals surface area contributed by atoms with Gasteiger partial charge in [-0.3, -0.25) is 9.48 Å². The number of hydrogen-bond donors (Lipinski definition) is 0. The minimum absolute atomic E-state index is 0.0567. The van der Waals surface area contributed by atoms with Crippen molar-refractivity contribution in [2.75, 3.05) is 0 Å². The summed E-state index contributed by atoms with van der Waals surface area (Å²) in [5, 5.41) is 5.70. The van der Waals surface area contributed by atoms with Crippen molar-refractivity contribution in [3.8, 4) is 0 Å². The highest BCUT2D eigenvalue weighted by atomic mass is 79.9. The van der Waals surface area contributed by atoms with Crippen LogP contribution in [0.2, 0.25) is 0 Å². The molecule has 0 fully saturated rings. The average molecular weight is 272 g/mol. The zero-order valence-electron chi connectivity index (χ0n) is 7.27. The predicted octanol–water partition coefficient (Wildman–Crippen LogP) is 1.87. The topological polar surface area (TPSA) is 47.8 Å². The molecule has 72 valence electrons. The fraction of sp³-hybridized carbons (Fsp3) is 0.125. The summed E-state index contributed by atoms with van der Waals surface area (Å²) >= 11 is 4.56. The number of hydrogen-bond acceptors (Lipinski definition) is 4. The van der Waals surface area contributed by atoms with E-state index >= 15 is 0 Å². The molecule has 0 radical (unpaired) electrons. The summed E-state index contributed by atoms with van der Waals surface area (Å²) in [5.74, 6) is -0.0567. The summed E-state index contributed by atoms with van der Waals surface area (Å²) < 4.78 is 6.18. The fourth-order valence-corrected chi connectivity index (χ4v) is 1.94. The maximum Gasteiger partial charge on any atom is 0.199 e. The summed E-state index contributed by atoms with van der Waals surface area (Å²) in [6.45, 7) is 0. The van der Waals surface area contributed by atoms with E-state index in [4.69, 9.17) is 0 Å². The van der Waals surface area contributed by atoms with Crippen LogP contribution in [0, 0.1) is 0 Å². The maximum atomic E-state index is 11.8. The molecular formula is C8H6BrN3OS. The van der Waals surface area contributed by atoms with Crippen molar-refractivity contribution in [1.29, 1.82) is 0 Å². The van der Waals surface area contributed by atoms with E-state index in [1.54, 1.807) is 29.5 Å². The van der Waals surface area contributed by atoms with Gasteiger partial charge in [-0.05, 0) is 27.5 Å². The number of rotatable bonds is 2. The number of aryl methyl sites for hydroxylation is 1. The van der Waals surface area contributed by atoms with E-state index in [1.165, 1.54) is 11.5 Å². The number of ketones is 1. The van der Waals surface area contributed by atoms with Gasteiger partial charge in [0.1, 0.15) is 4.60 Å². The third-order valence-corrected chi connectivity index (χ3v) is 3.33. The SMILES string of the molecule is Cn1ncc(C(=O)c2cnsc2)c1Br. The van der Waals surface area contributed by atoms with Gasteiger partial charge in [0.25, 0.3) is 0 Å². The van der Waals surface area contributed by atoms with Crippen molar-refractivity contribution >= 4 is 33.2 Å². The molecule has 0 saturated heterocycles. The Morgan fingerprint density at radius 1 is 1.57 bits per heavy atom. The Labute approximate surface area is 92.9 Å². The second-order valence-electron chi connectivity index (χ2n) is 2.71. The Morgan fingerprint density at radius 3 is 2.86 bits per heavy atom. The standard InChI is InChI=1S/C8H6BrN3OS/c1-12-8(9)6(3-10-12)7(13)5-2-11-14-4-5/h2-4H,1H3. The molecule has 0 spiro atoms. The Kier molecular flexibility index (Phi) is 2.47. The molecule has 0 amide bonds. The molecule has 0 atom stereocenters. The first-order chi connectivity index (χ1) is 6.70. The molecular weight excluding hydrogens is 266 g/mol. The van der Waals surface area contributed by atoms with Crippen LogP contribution >= 0.6 is 27.5 Å². The van der Waals surface area contributed by atoms with Crippen LogP contribution in [0.3, 0.4) is 0 Å². The van der Waals surface area contributed by atoms with Crippen LogP contribution in [0.1, 0.15) is 15.9 Å². The first-order valence-corrected chi connectivity index (χ1v) is 5.44. The third-order valence-electron chi connectivity index (χ3n) is 1.81. The van der Waals surface area contributed by atoms with Crippen molar-refractivity contribution in [3.63, 3.8) is 0 Å². The van der Waals surface area contributed by atoms with E-state index in [2.05, 4.69) is 25.4 Å². The summed E-state index contributed by atoms with van der Waals surface area (Å²) in [5.41, 5.74) is 1.16. The largest absolute Gasteiger partial charge is 0.288 e. The monoisotopic (exact) mass is 271 g/mol. The molecule has 0 aromatic carbocycles. The summed E-state index contributed by atoms with van der Waals surface area (Å²) in [4.78, 5) is 11.8. The molecule has 6 heteroatoms. The smallest absolute Gasteiger partial charge is 0.199 e. The summed E-state index contributed by atoms with van der Waals surface area (Å²) in [6, 6.07) is 0. The highest BCUT2D eigenvalue weighted by Gasteiger charge is 2.16. The Morgan fingerprint density at radius 2 is 2.36 bits per heavy atom. The molecule has 0 aliphatic carbocycles. The number of carbonyl (C=O) groups is 1. The zero-order valence-corrected chi connectivity index (χ0v) is 9.67. The Hall–Kier alpha value is -1.01. The van der Waals surface area contributed by atoms with E-state index < -0.39 is 0 Å². The van der Waals surface area contributed by atoms with E-state index in [0.29, 0.717) is 15.7 Å². The van der Waals surface area contributed by atoms with E-state index in [1.807, 2.05) is 0 Å².